The van der Waals surface area contributed by atoms with Gasteiger partial charge >= 0.3 is 0 Å². The van der Waals surface area contributed by atoms with Gasteiger partial charge in [-0.05, 0) is 25.0 Å². The summed E-state index contributed by atoms with van der Waals surface area (Å²) in [5, 5.41) is 4.48. The predicted octanol–water partition coefficient (Wildman–Crippen LogP) is 2.30. The second kappa shape index (κ2) is 6.85. The number of hydrogen-bond donors (Lipinski definition) is 1. The Kier molecular flexibility index (Phi) is 4.54. The number of anilines is 1. The molecule has 1 aliphatic rings. The van der Waals surface area contributed by atoms with Crippen LogP contribution in [0, 0.1) is 0 Å². The summed E-state index contributed by atoms with van der Waals surface area (Å²) in [7, 11) is -2.91. The second-order valence-corrected chi connectivity index (χ2v) is 9.15. The fourth-order valence-electron chi connectivity index (χ4n) is 3.42. The van der Waals surface area contributed by atoms with Gasteiger partial charge in [-0.15, -0.1) is 0 Å². The molecule has 0 spiro atoms. The third-order valence-electron chi connectivity index (χ3n) is 4.86. The molecule has 26 heavy (non-hydrogen) atoms. The molecule has 4 rings (SSSR count). The van der Waals surface area contributed by atoms with Crippen molar-refractivity contribution >= 4 is 37.7 Å². The minimum absolute atomic E-state index is 0.219. The third-order valence-corrected chi connectivity index (χ3v) is 5.79. The number of piperidine rings is 1. The van der Waals surface area contributed by atoms with E-state index in [1.807, 2.05) is 24.3 Å². The lowest BCUT2D eigenvalue weighted by Crippen LogP contribution is -2.41. The largest absolute Gasteiger partial charge is 0.450 e. The van der Waals surface area contributed by atoms with Crippen LogP contribution >= 0.6 is 0 Å². The summed E-state index contributed by atoms with van der Waals surface area (Å²) in [6, 6.07) is 8.13. The molecule has 1 saturated heterocycles. The Balaban J connectivity index is 1.45. The highest BCUT2D eigenvalue weighted by molar-refractivity contribution is 7.90. The van der Waals surface area contributed by atoms with Crippen LogP contribution in [0.3, 0.4) is 0 Å². The van der Waals surface area contributed by atoms with Crippen LogP contribution in [0.5, 0.6) is 0 Å². The van der Waals surface area contributed by atoms with Gasteiger partial charge in [0.05, 0.1) is 5.75 Å². The van der Waals surface area contributed by atoms with Crippen molar-refractivity contribution in [2.75, 3.05) is 37.0 Å². The fraction of sp³-hybridized carbons (Fsp3) is 0.444. The topological polar surface area (TPSA) is 88.3 Å². The molecule has 8 heteroatoms. The maximum absolute atomic E-state index is 11.3. The average molecular weight is 374 g/mol. The molecule has 0 atom stereocenters. The van der Waals surface area contributed by atoms with Crippen LogP contribution in [0.1, 0.15) is 12.8 Å². The van der Waals surface area contributed by atoms with E-state index >= 15 is 0 Å². The molecule has 0 amide bonds. The summed E-state index contributed by atoms with van der Waals surface area (Å²) < 4.78 is 28.6. The number of nitrogens with zero attached hydrogens (tertiary/aromatic N) is 3. The number of hydrogen-bond acceptors (Lipinski definition) is 7. The van der Waals surface area contributed by atoms with Gasteiger partial charge in [0.2, 0.25) is 0 Å². The van der Waals surface area contributed by atoms with Crippen molar-refractivity contribution in [1.82, 2.24) is 14.9 Å². The lowest BCUT2D eigenvalue weighted by atomic mass is 10.1. The smallest absolute Gasteiger partial charge is 0.196 e. The van der Waals surface area contributed by atoms with Crippen LogP contribution in [-0.4, -0.2) is 61.0 Å². The molecule has 0 aliphatic carbocycles. The van der Waals surface area contributed by atoms with Crippen LogP contribution in [0.2, 0.25) is 0 Å². The normalized spacial score (nSPS) is 17.1. The Morgan fingerprint density at radius 3 is 2.77 bits per heavy atom. The van der Waals surface area contributed by atoms with Crippen molar-refractivity contribution in [2.45, 2.75) is 18.9 Å². The van der Waals surface area contributed by atoms with Gasteiger partial charge in [0.25, 0.3) is 0 Å². The number of aromatic nitrogens is 2. The van der Waals surface area contributed by atoms with Crippen molar-refractivity contribution < 1.29 is 12.8 Å². The van der Waals surface area contributed by atoms with E-state index in [0.717, 1.165) is 48.2 Å². The number of likely N-dealkylation sites (tertiary alicyclic amines) is 1. The zero-order valence-corrected chi connectivity index (χ0v) is 15.5. The van der Waals surface area contributed by atoms with Gasteiger partial charge < -0.3 is 14.6 Å². The van der Waals surface area contributed by atoms with E-state index in [9.17, 15) is 8.42 Å². The predicted molar refractivity (Wildman–Crippen MR) is 102 cm³/mol. The Morgan fingerprint density at radius 1 is 1.23 bits per heavy atom. The van der Waals surface area contributed by atoms with E-state index in [1.54, 1.807) is 6.33 Å². The molecule has 0 unspecified atom stereocenters. The van der Waals surface area contributed by atoms with Crippen molar-refractivity contribution in [3.63, 3.8) is 0 Å². The van der Waals surface area contributed by atoms with E-state index in [4.69, 9.17) is 4.42 Å². The van der Waals surface area contributed by atoms with Crippen molar-refractivity contribution in [2.24, 2.45) is 0 Å². The molecular formula is C18H22N4O3S. The van der Waals surface area contributed by atoms with Gasteiger partial charge in [-0.25, -0.2) is 18.4 Å². The second-order valence-electron chi connectivity index (χ2n) is 6.89. The molecular weight excluding hydrogens is 352 g/mol. The van der Waals surface area contributed by atoms with E-state index in [0.29, 0.717) is 12.1 Å². The molecule has 1 aliphatic heterocycles. The van der Waals surface area contributed by atoms with Crippen molar-refractivity contribution in [3.05, 3.63) is 30.6 Å². The first-order valence-corrected chi connectivity index (χ1v) is 10.8. The molecule has 0 saturated carbocycles. The molecule has 0 bridgehead atoms. The maximum Gasteiger partial charge on any atom is 0.196 e. The van der Waals surface area contributed by atoms with Gasteiger partial charge in [0.15, 0.2) is 11.4 Å². The Morgan fingerprint density at radius 2 is 2.00 bits per heavy atom. The zero-order chi connectivity index (χ0) is 18.1. The number of furan rings is 1. The SMILES string of the molecule is CS(=O)(=O)CCN1CCC(Nc2ncnc3c2oc2ccccc23)CC1. The number of nitrogens with one attached hydrogen (secondary N) is 1. The highest BCUT2D eigenvalue weighted by Gasteiger charge is 2.22. The molecule has 0 radical (unpaired) electrons. The van der Waals surface area contributed by atoms with E-state index < -0.39 is 9.84 Å². The minimum Gasteiger partial charge on any atom is -0.450 e. The first-order valence-electron chi connectivity index (χ1n) is 8.78. The minimum atomic E-state index is -2.91. The summed E-state index contributed by atoms with van der Waals surface area (Å²) in [6.07, 6.45) is 4.73. The number of benzene rings is 1. The highest BCUT2D eigenvalue weighted by atomic mass is 32.2. The van der Waals surface area contributed by atoms with E-state index in [1.165, 1.54) is 6.26 Å². The molecule has 1 N–H and O–H groups in total. The number of fused-ring (bicyclic) bond motifs is 3. The quantitative estimate of drug-likeness (QED) is 0.733. The highest BCUT2D eigenvalue weighted by Crippen LogP contribution is 2.31. The van der Waals surface area contributed by atoms with E-state index in [-0.39, 0.29) is 11.8 Å². The van der Waals surface area contributed by atoms with Gasteiger partial charge in [0, 0.05) is 37.3 Å². The number of rotatable bonds is 5. The monoisotopic (exact) mass is 374 g/mol. The zero-order valence-electron chi connectivity index (χ0n) is 14.7. The van der Waals surface area contributed by atoms with Crippen LogP contribution in [0.25, 0.3) is 22.1 Å². The molecule has 1 aromatic carbocycles. The first-order chi connectivity index (χ1) is 12.5. The molecule has 1 fully saturated rings. The average Bonchev–Trinajstić information content (AvgIpc) is 3.00. The summed E-state index contributed by atoms with van der Waals surface area (Å²) in [4.78, 5) is 11.0. The standard InChI is InChI=1S/C18H22N4O3S/c1-26(23,24)11-10-22-8-6-13(7-9-22)21-18-17-16(19-12-20-18)14-4-2-3-5-15(14)25-17/h2-5,12-13H,6-11H2,1H3,(H,19,20,21). The molecule has 7 nitrogen and oxygen atoms in total. The van der Waals surface area contributed by atoms with Gasteiger partial charge in [0.1, 0.15) is 27.3 Å². The summed E-state index contributed by atoms with van der Waals surface area (Å²) in [5.41, 5.74) is 2.32. The molecule has 138 valence electrons. The van der Waals surface area contributed by atoms with Crippen LogP contribution in [-0.2, 0) is 9.84 Å². The summed E-state index contributed by atoms with van der Waals surface area (Å²) in [6.45, 7) is 2.36. The lowest BCUT2D eigenvalue weighted by molar-refractivity contribution is 0.230. The van der Waals surface area contributed by atoms with E-state index in [2.05, 4.69) is 20.2 Å². The van der Waals surface area contributed by atoms with Crippen LogP contribution < -0.4 is 5.32 Å². The fourth-order valence-corrected chi connectivity index (χ4v) is 4.01. The molecule has 3 aromatic rings. The van der Waals surface area contributed by atoms with Gasteiger partial charge in [-0.2, -0.15) is 0 Å². The number of para-hydroxylation sites is 1. The van der Waals surface area contributed by atoms with Crippen LogP contribution in [0.15, 0.2) is 35.0 Å². The molecule has 3 heterocycles. The van der Waals surface area contributed by atoms with Crippen molar-refractivity contribution in [1.29, 1.82) is 0 Å². The Bertz CT molecular complexity index is 1020. The van der Waals surface area contributed by atoms with Gasteiger partial charge in [-0.1, -0.05) is 12.1 Å². The first kappa shape index (κ1) is 17.2. The summed E-state index contributed by atoms with van der Waals surface area (Å²) in [5.74, 6) is 0.942. The maximum atomic E-state index is 11.3. The van der Waals surface area contributed by atoms with Crippen molar-refractivity contribution in [3.8, 4) is 0 Å². The molecule has 2 aromatic heterocycles. The lowest BCUT2D eigenvalue weighted by Gasteiger charge is -2.32. The Labute approximate surface area is 152 Å². The Hall–Kier alpha value is -2.19. The number of sulfone groups is 1. The third kappa shape index (κ3) is 3.66. The van der Waals surface area contributed by atoms with Gasteiger partial charge in [-0.3, -0.25) is 0 Å². The van der Waals surface area contributed by atoms with Crippen LogP contribution in [0.4, 0.5) is 5.82 Å². The summed E-state index contributed by atoms with van der Waals surface area (Å²) >= 11 is 0.